The molecule has 116 valence electrons. The van der Waals surface area contributed by atoms with Crippen LogP contribution in [0, 0.1) is 11.8 Å². The van der Waals surface area contributed by atoms with Crippen LogP contribution in [0.1, 0.15) is 59.3 Å². The number of carboxylic acids is 1. The first-order valence-electron chi connectivity index (χ1n) is 7.61. The highest BCUT2D eigenvalue weighted by molar-refractivity contribution is 5.89. The predicted molar refractivity (Wildman–Crippen MR) is 78.2 cm³/mol. The molecule has 0 bridgehead atoms. The van der Waals surface area contributed by atoms with Gasteiger partial charge in [-0.05, 0) is 43.9 Å². The van der Waals surface area contributed by atoms with Crippen LogP contribution in [0.3, 0.4) is 0 Å². The Morgan fingerprint density at radius 2 is 1.90 bits per heavy atom. The molecule has 0 saturated heterocycles. The molecule has 1 aliphatic carbocycles. The fraction of sp³-hybridized carbons (Fsp3) is 0.867. The third-order valence-electron chi connectivity index (χ3n) is 4.37. The van der Waals surface area contributed by atoms with Crippen molar-refractivity contribution < 1.29 is 14.7 Å². The second-order valence-electron chi connectivity index (χ2n) is 6.46. The number of amides is 1. The maximum absolute atomic E-state index is 12.1. The van der Waals surface area contributed by atoms with Crippen LogP contribution in [-0.2, 0) is 9.59 Å². The smallest absolute Gasteiger partial charge is 0.329 e. The molecule has 0 radical (unpaired) electrons. The lowest BCUT2D eigenvalue weighted by molar-refractivity contribution is -0.150. The molecule has 1 amide bonds. The fourth-order valence-electron chi connectivity index (χ4n) is 2.91. The lowest BCUT2D eigenvalue weighted by atomic mass is 9.75. The molecule has 1 saturated carbocycles. The Kier molecular flexibility index (Phi) is 5.99. The lowest BCUT2D eigenvalue weighted by Crippen LogP contribution is -2.59. The van der Waals surface area contributed by atoms with Crippen molar-refractivity contribution in [1.29, 1.82) is 0 Å². The molecule has 0 aromatic heterocycles. The average Bonchev–Trinajstić information content (AvgIpc) is 2.38. The molecule has 0 aliphatic heterocycles. The molecular weight excluding hydrogens is 256 g/mol. The average molecular weight is 284 g/mol. The molecule has 20 heavy (non-hydrogen) atoms. The SMILES string of the molecule is CCC1CCC(NC(=O)[C@@H](N)CC(C)C)(C(=O)O)CC1. The van der Waals surface area contributed by atoms with E-state index < -0.39 is 17.6 Å². The molecule has 0 spiro atoms. The highest BCUT2D eigenvalue weighted by atomic mass is 16.4. The van der Waals surface area contributed by atoms with Crippen LogP contribution in [0.5, 0.6) is 0 Å². The summed E-state index contributed by atoms with van der Waals surface area (Å²) in [5, 5.41) is 12.2. The third-order valence-corrected chi connectivity index (χ3v) is 4.37. The van der Waals surface area contributed by atoms with Crippen LogP contribution < -0.4 is 11.1 Å². The summed E-state index contributed by atoms with van der Waals surface area (Å²) in [5.41, 5.74) is 4.73. The van der Waals surface area contributed by atoms with E-state index in [4.69, 9.17) is 5.73 Å². The van der Waals surface area contributed by atoms with Gasteiger partial charge < -0.3 is 16.2 Å². The fourth-order valence-corrected chi connectivity index (χ4v) is 2.91. The number of nitrogens with two attached hydrogens (primary N) is 1. The number of carboxylic acid groups (broad SMARTS) is 1. The number of carbonyl (C=O) groups is 2. The summed E-state index contributed by atoms with van der Waals surface area (Å²) in [6.45, 7) is 6.11. The summed E-state index contributed by atoms with van der Waals surface area (Å²) in [6.07, 6.45) is 4.34. The Balaban J connectivity index is 2.69. The van der Waals surface area contributed by atoms with E-state index in [0.29, 0.717) is 31.1 Å². The molecule has 4 N–H and O–H groups in total. The van der Waals surface area contributed by atoms with Gasteiger partial charge in [0.25, 0.3) is 0 Å². The highest BCUT2D eigenvalue weighted by Crippen LogP contribution is 2.34. The summed E-state index contributed by atoms with van der Waals surface area (Å²) in [5.74, 6) is -0.385. The van der Waals surface area contributed by atoms with E-state index >= 15 is 0 Å². The van der Waals surface area contributed by atoms with Crippen LogP contribution in [0.4, 0.5) is 0 Å². The van der Waals surface area contributed by atoms with Gasteiger partial charge in [0, 0.05) is 0 Å². The molecule has 5 heteroatoms. The predicted octanol–water partition coefficient (Wildman–Crippen LogP) is 1.90. The first kappa shape index (κ1) is 17.0. The molecule has 0 heterocycles. The lowest BCUT2D eigenvalue weighted by Gasteiger charge is -2.37. The van der Waals surface area contributed by atoms with Crippen LogP contribution in [0.2, 0.25) is 0 Å². The Labute approximate surface area is 121 Å². The van der Waals surface area contributed by atoms with Gasteiger partial charge in [0.1, 0.15) is 5.54 Å². The largest absolute Gasteiger partial charge is 0.480 e. The molecule has 1 rings (SSSR count). The van der Waals surface area contributed by atoms with Crippen molar-refractivity contribution in [1.82, 2.24) is 5.32 Å². The molecule has 0 unspecified atom stereocenters. The van der Waals surface area contributed by atoms with Crippen molar-refractivity contribution in [3.05, 3.63) is 0 Å². The topological polar surface area (TPSA) is 92.4 Å². The monoisotopic (exact) mass is 284 g/mol. The van der Waals surface area contributed by atoms with Crippen LogP contribution in [0.15, 0.2) is 0 Å². The summed E-state index contributed by atoms with van der Waals surface area (Å²) in [6, 6.07) is -0.630. The second kappa shape index (κ2) is 7.07. The number of rotatable bonds is 6. The zero-order valence-electron chi connectivity index (χ0n) is 12.8. The quantitative estimate of drug-likeness (QED) is 0.694. The van der Waals surface area contributed by atoms with E-state index in [9.17, 15) is 14.7 Å². The number of hydrogen-bond donors (Lipinski definition) is 3. The summed E-state index contributed by atoms with van der Waals surface area (Å²) >= 11 is 0. The van der Waals surface area contributed by atoms with Gasteiger partial charge in [-0.3, -0.25) is 4.79 Å². The van der Waals surface area contributed by atoms with Gasteiger partial charge >= 0.3 is 5.97 Å². The van der Waals surface area contributed by atoms with Crippen molar-refractivity contribution in [3.63, 3.8) is 0 Å². The van der Waals surface area contributed by atoms with Crippen molar-refractivity contribution in [2.24, 2.45) is 17.6 Å². The van der Waals surface area contributed by atoms with Crippen molar-refractivity contribution in [3.8, 4) is 0 Å². The highest BCUT2D eigenvalue weighted by Gasteiger charge is 2.43. The molecule has 1 fully saturated rings. The van der Waals surface area contributed by atoms with Crippen molar-refractivity contribution in [2.45, 2.75) is 70.9 Å². The summed E-state index contributed by atoms with van der Waals surface area (Å²) in [7, 11) is 0. The minimum absolute atomic E-state index is 0.312. The van der Waals surface area contributed by atoms with Gasteiger partial charge in [0.15, 0.2) is 0 Å². The van der Waals surface area contributed by atoms with Crippen LogP contribution >= 0.6 is 0 Å². The van der Waals surface area contributed by atoms with Gasteiger partial charge in [-0.15, -0.1) is 0 Å². The second-order valence-corrected chi connectivity index (χ2v) is 6.46. The molecule has 0 aromatic rings. The van der Waals surface area contributed by atoms with E-state index in [-0.39, 0.29) is 5.91 Å². The molecule has 1 atom stereocenters. The maximum atomic E-state index is 12.1. The molecule has 1 aliphatic rings. The third kappa shape index (κ3) is 4.20. The normalized spacial score (nSPS) is 28.1. The van der Waals surface area contributed by atoms with Gasteiger partial charge in [0.2, 0.25) is 5.91 Å². The minimum atomic E-state index is -1.11. The van der Waals surface area contributed by atoms with E-state index in [2.05, 4.69) is 12.2 Å². The first-order chi connectivity index (χ1) is 9.30. The summed E-state index contributed by atoms with van der Waals surface area (Å²) < 4.78 is 0. The number of nitrogens with one attached hydrogen (secondary N) is 1. The van der Waals surface area contributed by atoms with Crippen molar-refractivity contribution in [2.75, 3.05) is 0 Å². The standard InChI is InChI=1S/C15H28N2O3/c1-4-11-5-7-15(8-6-11,14(19)20)17-13(18)12(16)9-10(2)3/h10-12H,4-9,16H2,1-3H3,(H,17,18)(H,19,20)/t11?,12-,15?/m0/s1. The summed E-state index contributed by atoms with van der Waals surface area (Å²) in [4.78, 5) is 23.7. The van der Waals surface area contributed by atoms with Gasteiger partial charge in [-0.25, -0.2) is 4.79 Å². The van der Waals surface area contributed by atoms with Gasteiger partial charge in [-0.1, -0.05) is 27.2 Å². The van der Waals surface area contributed by atoms with Crippen LogP contribution in [-0.4, -0.2) is 28.6 Å². The van der Waals surface area contributed by atoms with Gasteiger partial charge in [-0.2, -0.15) is 0 Å². The molecule has 0 aromatic carbocycles. The Bertz CT molecular complexity index is 347. The Morgan fingerprint density at radius 1 is 1.35 bits per heavy atom. The zero-order chi connectivity index (χ0) is 15.3. The van der Waals surface area contributed by atoms with Gasteiger partial charge in [0.05, 0.1) is 6.04 Å². The minimum Gasteiger partial charge on any atom is -0.480 e. The number of carbonyl (C=O) groups excluding carboxylic acids is 1. The Hall–Kier alpha value is -1.10. The molecule has 5 nitrogen and oxygen atoms in total. The Morgan fingerprint density at radius 3 is 2.30 bits per heavy atom. The first-order valence-corrected chi connectivity index (χ1v) is 7.61. The zero-order valence-corrected chi connectivity index (χ0v) is 12.8. The maximum Gasteiger partial charge on any atom is 0.329 e. The van der Waals surface area contributed by atoms with E-state index in [1.54, 1.807) is 0 Å². The number of hydrogen-bond acceptors (Lipinski definition) is 3. The van der Waals surface area contributed by atoms with E-state index in [0.717, 1.165) is 19.3 Å². The van der Waals surface area contributed by atoms with E-state index in [1.165, 1.54) is 0 Å². The van der Waals surface area contributed by atoms with Crippen LogP contribution in [0.25, 0.3) is 0 Å². The van der Waals surface area contributed by atoms with E-state index in [1.807, 2.05) is 13.8 Å². The number of aliphatic carboxylic acids is 1. The molecular formula is C15H28N2O3. The van der Waals surface area contributed by atoms with Crippen molar-refractivity contribution >= 4 is 11.9 Å².